The summed E-state index contributed by atoms with van der Waals surface area (Å²) in [5.41, 5.74) is 5.48. The molecule has 0 aliphatic heterocycles. The molecule has 0 bridgehead atoms. The van der Waals surface area contributed by atoms with Gasteiger partial charge < -0.3 is 19.9 Å². The van der Waals surface area contributed by atoms with Gasteiger partial charge in [-0.25, -0.2) is 0 Å². The van der Waals surface area contributed by atoms with E-state index in [1.807, 2.05) is 25.1 Å². The highest BCUT2D eigenvalue weighted by Gasteiger charge is 2.12. The fourth-order valence-electron chi connectivity index (χ4n) is 1.22. The lowest BCUT2D eigenvalue weighted by Gasteiger charge is -2.16. The maximum Gasteiger partial charge on any atom is 0.203 e. The third kappa shape index (κ3) is 2.76. The molecule has 0 spiro atoms. The summed E-state index contributed by atoms with van der Waals surface area (Å²) in [4.78, 5) is 0. The Balaban J connectivity index is 2.95. The maximum atomic E-state index is 5.60. The molecule has 1 rings (SSSR count). The molecule has 0 radical (unpaired) electrons. The van der Waals surface area contributed by atoms with Crippen LogP contribution in [0.5, 0.6) is 17.2 Å². The van der Waals surface area contributed by atoms with Gasteiger partial charge in [-0.2, -0.15) is 0 Å². The summed E-state index contributed by atoms with van der Waals surface area (Å²) in [6.45, 7) is 2.36. The quantitative estimate of drug-likeness (QED) is 0.800. The number of rotatable bonds is 5. The second kappa shape index (κ2) is 5.46. The van der Waals surface area contributed by atoms with Gasteiger partial charge in [0.15, 0.2) is 11.5 Å². The van der Waals surface area contributed by atoms with E-state index in [-0.39, 0.29) is 6.10 Å². The van der Waals surface area contributed by atoms with Gasteiger partial charge in [0.1, 0.15) is 6.10 Å². The maximum absolute atomic E-state index is 5.60. The first-order valence-corrected chi connectivity index (χ1v) is 4.80. The lowest BCUT2D eigenvalue weighted by Crippen LogP contribution is -2.23. The molecule has 15 heavy (non-hydrogen) atoms. The topological polar surface area (TPSA) is 53.7 Å². The molecule has 0 aliphatic rings. The highest BCUT2D eigenvalue weighted by molar-refractivity contribution is 5.51. The van der Waals surface area contributed by atoms with E-state index >= 15 is 0 Å². The van der Waals surface area contributed by atoms with Crippen molar-refractivity contribution in [3.05, 3.63) is 18.2 Å². The van der Waals surface area contributed by atoms with Crippen molar-refractivity contribution in [1.29, 1.82) is 0 Å². The van der Waals surface area contributed by atoms with Gasteiger partial charge in [0.25, 0.3) is 0 Å². The predicted octanol–water partition coefficient (Wildman–Crippen LogP) is 1.43. The van der Waals surface area contributed by atoms with Crippen molar-refractivity contribution >= 4 is 0 Å². The lowest BCUT2D eigenvalue weighted by atomic mass is 10.3. The summed E-state index contributed by atoms with van der Waals surface area (Å²) in [5, 5.41) is 0. The van der Waals surface area contributed by atoms with Crippen LogP contribution in [0.3, 0.4) is 0 Å². The highest BCUT2D eigenvalue weighted by atomic mass is 16.5. The van der Waals surface area contributed by atoms with E-state index in [0.29, 0.717) is 23.8 Å². The highest BCUT2D eigenvalue weighted by Crippen LogP contribution is 2.36. The smallest absolute Gasteiger partial charge is 0.203 e. The average molecular weight is 211 g/mol. The molecule has 0 aromatic heterocycles. The van der Waals surface area contributed by atoms with E-state index in [4.69, 9.17) is 19.9 Å². The Kier molecular flexibility index (Phi) is 4.24. The molecule has 0 saturated carbocycles. The SMILES string of the molecule is COc1cccc(OC(C)CN)c1OC. The van der Waals surface area contributed by atoms with Gasteiger partial charge in [-0.15, -0.1) is 0 Å². The van der Waals surface area contributed by atoms with Crippen LogP contribution in [0, 0.1) is 0 Å². The molecule has 0 heterocycles. The molecule has 0 fully saturated rings. The van der Waals surface area contributed by atoms with Gasteiger partial charge in [-0.1, -0.05) is 6.07 Å². The van der Waals surface area contributed by atoms with E-state index < -0.39 is 0 Å². The fraction of sp³-hybridized carbons (Fsp3) is 0.455. The first-order valence-electron chi connectivity index (χ1n) is 4.80. The van der Waals surface area contributed by atoms with Gasteiger partial charge in [-0.3, -0.25) is 0 Å². The van der Waals surface area contributed by atoms with Crippen LogP contribution in [0.4, 0.5) is 0 Å². The molecule has 1 aromatic carbocycles. The van der Waals surface area contributed by atoms with Crippen LogP contribution < -0.4 is 19.9 Å². The van der Waals surface area contributed by atoms with Gasteiger partial charge in [0.2, 0.25) is 5.75 Å². The van der Waals surface area contributed by atoms with Crippen molar-refractivity contribution in [2.45, 2.75) is 13.0 Å². The molecule has 1 unspecified atom stereocenters. The number of hydrogen-bond acceptors (Lipinski definition) is 4. The first-order chi connectivity index (χ1) is 7.22. The third-order valence-corrected chi connectivity index (χ3v) is 2.03. The zero-order chi connectivity index (χ0) is 11.3. The Morgan fingerprint density at radius 1 is 1.20 bits per heavy atom. The zero-order valence-electron chi connectivity index (χ0n) is 9.32. The summed E-state index contributed by atoms with van der Waals surface area (Å²) in [6, 6.07) is 5.49. The minimum Gasteiger partial charge on any atom is -0.493 e. The van der Waals surface area contributed by atoms with E-state index in [9.17, 15) is 0 Å². The second-order valence-corrected chi connectivity index (χ2v) is 3.16. The summed E-state index contributed by atoms with van der Waals surface area (Å²) >= 11 is 0. The minimum absolute atomic E-state index is 0.0500. The van der Waals surface area contributed by atoms with Crippen LogP contribution in [0.15, 0.2) is 18.2 Å². The van der Waals surface area contributed by atoms with Crippen LogP contribution >= 0.6 is 0 Å². The molecule has 0 saturated heterocycles. The van der Waals surface area contributed by atoms with Gasteiger partial charge >= 0.3 is 0 Å². The first kappa shape index (κ1) is 11.7. The van der Waals surface area contributed by atoms with Crippen molar-refractivity contribution in [1.82, 2.24) is 0 Å². The van der Waals surface area contributed by atoms with Crippen molar-refractivity contribution < 1.29 is 14.2 Å². The van der Waals surface area contributed by atoms with Gasteiger partial charge in [-0.05, 0) is 19.1 Å². The van der Waals surface area contributed by atoms with Crippen molar-refractivity contribution in [3.63, 3.8) is 0 Å². The standard InChI is InChI=1S/C11H17NO3/c1-8(7-12)15-10-6-4-5-9(13-2)11(10)14-3/h4-6,8H,7,12H2,1-3H3. The number of benzene rings is 1. The largest absolute Gasteiger partial charge is 0.493 e. The van der Waals surface area contributed by atoms with Gasteiger partial charge in [0, 0.05) is 6.54 Å². The zero-order valence-corrected chi connectivity index (χ0v) is 9.32. The third-order valence-electron chi connectivity index (χ3n) is 2.03. The number of ether oxygens (including phenoxy) is 3. The molecular weight excluding hydrogens is 194 g/mol. The van der Waals surface area contributed by atoms with E-state index in [1.54, 1.807) is 14.2 Å². The summed E-state index contributed by atoms with van der Waals surface area (Å²) < 4.78 is 16.0. The van der Waals surface area contributed by atoms with Crippen molar-refractivity contribution in [2.75, 3.05) is 20.8 Å². The van der Waals surface area contributed by atoms with Crippen LogP contribution in [0.2, 0.25) is 0 Å². The van der Waals surface area contributed by atoms with Crippen molar-refractivity contribution in [3.8, 4) is 17.2 Å². The molecule has 1 aromatic rings. The second-order valence-electron chi connectivity index (χ2n) is 3.16. The number of nitrogens with two attached hydrogens (primary N) is 1. The van der Waals surface area contributed by atoms with Crippen LogP contribution in [-0.2, 0) is 0 Å². The summed E-state index contributed by atoms with van der Waals surface area (Å²) in [7, 11) is 3.17. The Morgan fingerprint density at radius 3 is 2.40 bits per heavy atom. The molecular formula is C11H17NO3. The number of methoxy groups -OCH3 is 2. The normalized spacial score (nSPS) is 12.0. The minimum atomic E-state index is -0.0500. The summed E-state index contributed by atoms with van der Waals surface area (Å²) in [6.07, 6.45) is -0.0500. The number of para-hydroxylation sites is 1. The lowest BCUT2D eigenvalue weighted by molar-refractivity contribution is 0.216. The molecule has 4 nitrogen and oxygen atoms in total. The average Bonchev–Trinajstić information content (AvgIpc) is 2.28. The molecule has 2 N–H and O–H groups in total. The van der Waals surface area contributed by atoms with Crippen molar-refractivity contribution in [2.24, 2.45) is 5.73 Å². The predicted molar refractivity (Wildman–Crippen MR) is 58.7 cm³/mol. The van der Waals surface area contributed by atoms with E-state index in [2.05, 4.69) is 0 Å². The Labute approximate surface area is 89.9 Å². The van der Waals surface area contributed by atoms with E-state index in [0.717, 1.165) is 0 Å². The Hall–Kier alpha value is -1.42. The fourth-order valence-corrected chi connectivity index (χ4v) is 1.22. The molecule has 4 heteroatoms. The molecule has 0 amide bonds. The molecule has 1 atom stereocenters. The molecule has 0 aliphatic carbocycles. The Morgan fingerprint density at radius 2 is 1.87 bits per heavy atom. The number of hydrogen-bond donors (Lipinski definition) is 1. The monoisotopic (exact) mass is 211 g/mol. The van der Waals surface area contributed by atoms with Crippen LogP contribution in [0.1, 0.15) is 6.92 Å². The summed E-state index contributed by atoms with van der Waals surface area (Å²) in [5.74, 6) is 1.90. The van der Waals surface area contributed by atoms with Gasteiger partial charge in [0.05, 0.1) is 14.2 Å². The van der Waals surface area contributed by atoms with E-state index in [1.165, 1.54) is 0 Å². The Bertz CT molecular complexity index is 315. The van der Waals surface area contributed by atoms with Crippen LogP contribution in [0.25, 0.3) is 0 Å². The van der Waals surface area contributed by atoms with Crippen LogP contribution in [-0.4, -0.2) is 26.9 Å². The molecule has 84 valence electrons.